The monoisotopic (exact) mass is 413 g/mol. The number of benzene rings is 2. The summed E-state index contributed by atoms with van der Waals surface area (Å²) in [6.45, 7) is 2.42. The van der Waals surface area contributed by atoms with Gasteiger partial charge in [0.1, 0.15) is 17.3 Å². The molecule has 0 unspecified atom stereocenters. The number of fused-ring (bicyclic) bond motifs is 3. The molecule has 2 heterocycles. The fourth-order valence-electron chi connectivity index (χ4n) is 3.55. The Morgan fingerprint density at radius 1 is 1.13 bits per heavy atom. The number of hydrogen-bond donors (Lipinski definition) is 0. The molecule has 0 aliphatic rings. The Labute approximate surface area is 180 Å². The Balaban J connectivity index is 1.81. The van der Waals surface area contributed by atoms with Gasteiger partial charge >= 0.3 is 6.09 Å². The SMILES string of the molecule is Cc1ccc2c(C#N)c3c(OCCc4ccccc4)cc(OC(=O)N(C)C)cn3c2c1. The number of nitrogens with zero attached hydrogens (tertiary/aromatic N) is 3. The van der Waals surface area contributed by atoms with Crippen molar-refractivity contribution < 1.29 is 14.3 Å². The molecule has 1 amide bonds. The molecule has 2 aromatic carbocycles. The molecule has 0 aliphatic carbocycles. The van der Waals surface area contributed by atoms with Crippen LogP contribution in [-0.2, 0) is 6.42 Å². The Hall–Kier alpha value is -3.98. The van der Waals surface area contributed by atoms with Crippen LogP contribution < -0.4 is 9.47 Å². The molecule has 6 heteroatoms. The van der Waals surface area contributed by atoms with Crippen LogP contribution in [0.2, 0.25) is 0 Å². The molecular formula is C25H23N3O3. The number of rotatable bonds is 5. The first-order chi connectivity index (χ1) is 15.0. The summed E-state index contributed by atoms with van der Waals surface area (Å²) in [5.74, 6) is 0.856. The minimum Gasteiger partial charge on any atom is -0.491 e. The van der Waals surface area contributed by atoms with Crippen molar-refractivity contribution in [2.75, 3.05) is 20.7 Å². The van der Waals surface area contributed by atoms with E-state index in [9.17, 15) is 10.1 Å². The van der Waals surface area contributed by atoms with E-state index in [0.29, 0.717) is 29.2 Å². The van der Waals surface area contributed by atoms with Crippen molar-refractivity contribution in [1.82, 2.24) is 9.30 Å². The van der Waals surface area contributed by atoms with E-state index in [1.165, 1.54) is 4.90 Å². The third-order valence-electron chi connectivity index (χ3n) is 5.10. The van der Waals surface area contributed by atoms with Crippen LogP contribution in [0.3, 0.4) is 0 Å². The van der Waals surface area contributed by atoms with E-state index in [4.69, 9.17) is 9.47 Å². The molecule has 6 nitrogen and oxygen atoms in total. The van der Waals surface area contributed by atoms with E-state index in [0.717, 1.165) is 28.5 Å². The lowest BCUT2D eigenvalue weighted by Gasteiger charge is -2.14. The first-order valence-electron chi connectivity index (χ1n) is 10.0. The molecule has 2 aromatic heterocycles. The molecule has 31 heavy (non-hydrogen) atoms. The molecule has 4 rings (SSSR count). The number of ether oxygens (including phenoxy) is 2. The topological polar surface area (TPSA) is 67.0 Å². The van der Waals surface area contributed by atoms with Gasteiger partial charge in [-0.25, -0.2) is 4.79 Å². The largest absolute Gasteiger partial charge is 0.491 e. The highest BCUT2D eigenvalue weighted by atomic mass is 16.6. The highest BCUT2D eigenvalue weighted by Crippen LogP contribution is 2.36. The summed E-state index contributed by atoms with van der Waals surface area (Å²) in [4.78, 5) is 13.5. The predicted octanol–water partition coefficient (Wildman–Crippen LogP) is 4.95. The van der Waals surface area contributed by atoms with E-state index in [-0.39, 0.29) is 0 Å². The number of nitriles is 1. The summed E-state index contributed by atoms with van der Waals surface area (Å²) in [5.41, 5.74) is 4.29. The maximum atomic E-state index is 12.1. The zero-order valence-corrected chi connectivity index (χ0v) is 17.8. The number of pyridine rings is 1. The van der Waals surface area contributed by atoms with E-state index >= 15 is 0 Å². The Bertz CT molecular complexity index is 1300. The maximum Gasteiger partial charge on any atom is 0.414 e. The van der Waals surface area contributed by atoms with E-state index in [2.05, 4.69) is 6.07 Å². The lowest BCUT2D eigenvalue weighted by molar-refractivity contribution is 0.171. The highest BCUT2D eigenvalue weighted by molar-refractivity contribution is 5.97. The van der Waals surface area contributed by atoms with Crippen molar-refractivity contribution in [2.45, 2.75) is 13.3 Å². The first kappa shape index (κ1) is 20.3. The van der Waals surface area contributed by atoms with Crippen molar-refractivity contribution >= 4 is 22.5 Å². The standard InChI is InChI=1S/C25H23N3O3/c1-17-9-10-20-21(15-26)24-23(30-12-11-18-7-5-4-6-8-18)14-19(31-25(29)27(2)3)16-28(24)22(20)13-17/h4-10,13-14,16H,11-12H2,1-3H3. The minimum atomic E-state index is -0.484. The Morgan fingerprint density at radius 3 is 2.61 bits per heavy atom. The number of aromatic nitrogens is 1. The first-order valence-corrected chi connectivity index (χ1v) is 10.0. The molecule has 156 valence electrons. The molecule has 0 radical (unpaired) electrons. The van der Waals surface area contributed by atoms with Crippen LogP contribution >= 0.6 is 0 Å². The van der Waals surface area contributed by atoms with Gasteiger partial charge in [-0.05, 0) is 24.1 Å². The van der Waals surface area contributed by atoms with Crippen molar-refractivity contribution in [2.24, 2.45) is 0 Å². The third-order valence-corrected chi connectivity index (χ3v) is 5.10. The van der Waals surface area contributed by atoms with Gasteiger partial charge in [-0.3, -0.25) is 0 Å². The van der Waals surface area contributed by atoms with Gasteiger partial charge in [0.15, 0.2) is 5.75 Å². The predicted molar refractivity (Wildman–Crippen MR) is 120 cm³/mol. The highest BCUT2D eigenvalue weighted by Gasteiger charge is 2.19. The zero-order chi connectivity index (χ0) is 22.0. The second-order valence-corrected chi connectivity index (χ2v) is 7.61. The lowest BCUT2D eigenvalue weighted by atomic mass is 10.1. The Morgan fingerprint density at radius 2 is 1.90 bits per heavy atom. The number of carbonyl (C=O) groups is 1. The number of hydrogen-bond acceptors (Lipinski definition) is 4. The van der Waals surface area contributed by atoms with Crippen LogP contribution in [0.25, 0.3) is 16.4 Å². The molecule has 0 spiro atoms. The van der Waals surface area contributed by atoms with Gasteiger partial charge in [0, 0.05) is 32.0 Å². The summed E-state index contributed by atoms with van der Waals surface area (Å²) >= 11 is 0. The van der Waals surface area contributed by atoms with E-state index in [1.54, 1.807) is 26.4 Å². The van der Waals surface area contributed by atoms with Crippen LogP contribution in [0.1, 0.15) is 16.7 Å². The van der Waals surface area contributed by atoms with Gasteiger partial charge in [-0.15, -0.1) is 0 Å². The van der Waals surface area contributed by atoms with Crippen molar-refractivity contribution in [3.05, 3.63) is 77.5 Å². The maximum absolute atomic E-state index is 12.1. The van der Waals surface area contributed by atoms with Crippen molar-refractivity contribution in [1.29, 1.82) is 5.26 Å². The normalized spacial score (nSPS) is 10.8. The molecule has 4 aromatic rings. The number of amides is 1. The average molecular weight is 413 g/mol. The minimum absolute atomic E-state index is 0.351. The summed E-state index contributed by atoms with van der Waals surface area (Å²) < 4.78 is 13.5. The summed E-state index contributed by atoms with van der Waals surface area (Å²) in [5, 5.41) is 10.7. The molecule has 0 bridgehead atoms. The van der Waals surface area contributed by atoms with Gasteiger partial charge in [0.2, 0.25) is 0 Å². The summed E-state index contributed by atoms with van der Waals surface area (Å²) in [6, 6.07) is 20.0. The number of carbonyl (C=O) groups excluding carboxylic acids is 1. The van der Waals surface area contributed by atoms with Gasteiger partial charge in [0.25, 0.3) is 0 Å². The van der Waals surface area contributed by atoms with Gasteiger partial charge in [-0.1, -0.05) is 42.5 Å². The van der Waals surface area contributed by atoms with Crippen LogP contribution in [0, 0.1) is 18.3 Å². The third kappa shape index (κ3) is 4.03. The zero-order valence-electron chi connectivity index (χ0n) is 17.8. The van der Waals surface area contributed by atoms with Gasteiger partial charge in [0.05, 0.1) is 23.9 Å². The molecule has 0 N–H and O–H groups in total. The fourth-order valence-corrected chi connectivity index (χ4v) is 3.55. The summed E-state index contributed by atoms with van der Waals surface area (Å²) in [7, 11) is 3.25. The van der Waals surface area contributed by atoms with Crippen LogP contribution in [0.15, 0.2) is 60.8 Å². The molecule has 0 saturated heterocycles. The van der Waals surface area contributed by atoms with Crippen LogP contribution in [0.4, 0.5) is 4.79 Å². The number of aryl methyl sites for hydroxylation is 1. The fraction of sp³-hybridized carbons (Fsp3) is 0.200. The average Bonchev–Trinajstić information content (AvgIpc) is 3.07. The summed E-state index contributed by atoms with van der Waals surface area (Å²) in [6.07, 6.45) is 1.96. The van der Waals surface area contributed by atoms with Gasteiger partial charge in [-0.2, -0.15) is 5.26 Å². The molecule has 0 saturated carbocycles. The second kappa shape index (κ2) is 8.41. The van der Waals surface area contributed by atoms with E-state index < -0.39 is 6.09 Å². The van der Waals surface area contributed by atoms with Crippen LogP contribution in [0.5, 0.6) is 11.5 Å². The smallest absolute Gasteiger partial charge is 0.414 e. The molecule has 0 atom stereocenters. The molecule has 0 fully saturated rings. The molecule has 0 aliphatic heterocycles. The van der Waals surface area contributed by atoms with Crippen molar-refractivity contribution in [3.63, 3.8) is 0 Å². The quantitative estimate of drug-likeness (QED) is 0.464. The lowest BCUT2D eigenvalue weighted by Crippen LogP contribution is -2.25. The van der Waals surface area contributed by atoms with Crippen molar-refractivity contribution in [3.8, 4) is 17.6 Å². The second-order valence-electron chi connectivity index (χ2n) is 7.61. The van der Waals surface area contributed by atoms with Gasteiger partial charge < -0.3 is 18.8 Å². The van der Waals surface area contributed by atoms with Crippen LogP contribution in [-0.4, -0.2) is 36.1 Å². The Kier molecular flexibility index (Phi) is 5.50. The molecular weight excluding hydrogens is 390 g/mol. The van der Waals surface area contributed by atoms with E-state index in [1.807, 2.05) is 59.9 Å².